The third-order valence-corrected chi connectivity index (χ3v) is 3.40. The molecule has 0 heterocycles. The summed E-state index contributed by atoms with van der Waals surface area (Å²) < 4.78 is 0. The van der Waals surface area contributed by atoms with Crippen molar-refractivity contribution in [2.75, 3.05) is 0 Å². The van der Waals surface area contributed by atoms with E-state index in [1.165, 1.54) is 24.0 Å². The summed E-state index contributed by atoms with van der Waals surface area (Å²) in [6, 6.07) is 0. The number of hydrogen-bond donors (Lipinski definition) is 0. The lowest BCUT2D eigenvalue weighted by Gasteiger charge is -2.17. The van der Waals surface area contributed by atoms with Crippen molar-refractivity contribution >= 4 is 0 Å². The maximum Gasteiger partial charge on any atom is 0.00431 e. The van der Waals surface area contributed by atoms with E-state index in [1.807, 2.05) is 6.08 Å². The van der Waals surface area contributed by atoms with Crippen LogP contribution in [0.5, 0.6) is 0 Å². The molecule has 1 aliphatic carbocycles. The Morgan fingerprint density at radius 3 is 2.43 bits per heavy atom. The van der Waals surface area contributed by atoms with E-state index < -0.39 is 0 Å². The van der Waals surface area contributed by atoms with Gasteiger partial charge in [-0.05, 0) is 44.3 Å². The van der Waals surface area contributed by atoms with E-state index >= 15 is 0 Å². The molecule has 0 saturated carbocycles. The monoisotopic (exact) mass is 190 g/mol. The van der Waals surface area contributed by atoms with Crippen molar-refractivity contribution in [3.8, 4) is 0 Å². The highest BCUT2D eigenvalue weighted by Gasteiger charge is 2.26. The van der Waals surface area contributed by atoms with E-state index in [9.17, 15) is 0 Å². The zero-order valence-electron chi connectivity index (χ0n) is 9.98. The summed E-state index contributed by atoms with van der Waals surface area (Å²) in [6.45, 7) is 12.9. The molecule has 0 aromatic carbocycles. The zero-order valence-corrected chi connectivity index (χ0v) is 9.98. The summed E-state index contributed by atoms with van der Waals surface area (Å²) in [4.78, 5) is 0. The van der Waals surface area contributed by atoms with Gasteiger partial charge in [0.05, 0.1) is 0 Å². The van der Waals surface area contributed by atoms with Crippen molar-refractivity contribution in [3.63, 3.8) is 0 Å². The Morgan fingerprint density at radius 1 is 1.36 bits per heavy atom. The van der Waals surface area contributed by atoms with E-state index in [0.29, 0.717) is 0 Å². The Balaban J connectivity index is 2.68. The molecule has 0 nitrogen and oxygen atoms in total. The lowest BCUT2D eigenvalue weighted by molar-refractivity contribution is 0.587. The molecule has 0 spiro atoms. The molecule has 1 aliphatic rings. The minimum absolute atomic E-state index is 0.285. The van der Waals surface area contributed by atoms with Crippen LogP contribution in [0.25, 0.3) is 0 Å². The molecule has 1 rings (SSSR count). The fourth-order valence-electron chi connectivity index (χ4n) is 2.07. The molecule has 0 aromatic heterocycles. The predicted molar refractivity (Wildman–Crippen MR) is 64.3 cm³/mol. The second-order valence-corrected chi connectivity index (χ2v) is 4.82. The molecule has 0 bridgehead atoms. The molecular formula is C14H22. The number of unbranched alkanes of at least 4 members (excludes halogenated alkanes) is 1. The van der Waals surface area contributed by atoms with Crippen LogP contribution < -0.4 is 0 Å². The molecule has 78 valence electrons. The first-order valence-electron chi connectivity index (χ1n) is 5.50. The average molecular weight is 190 g/mol. The highest BCUT2D eigenvalue weighted by molar-refractivity contribution is 5.45. The number of rotatable bonds is 4. The third kappa shape index (κ3) is 2.17. The summed E-state index contributed by atoms with van der Waals surface area (Å²) in [5, 5.41) is 0. The normalized spacial score (nSPS) is 19.9. The molecule has 0 saturated heterocycles. The molecule has 0 N–H and O–H groups in total. The molecule has 0 aromatic rings. The Labute approximate surface area is 88.4 Å². The second-order valence-electron chi connectivity index (χ2n) is 4.82. The van der Waals surface area contributed by atoms with Crippen LogP contribution in [0.1, 0.15) is 47.0 Å². The van der Waals surface area contributed by atoms with Gasteiger partial charge in [-0.1, -0.05) is 31.6 Å². The van der Waals surface area contributed by atoms with Crippen LogP contribution in [0.2, 0.25) is 0 Å². The van der Waals surface area contributed by atoms with E-state index in [4.69, 9.17) is 0 Å². The van der Waals surface area contributed by atoms with Crippen LogP contribution in [0.3, 0.4) is 0 Å². The Hall–Kier alpha value is -0.780. The Kier molecular flexibility index (Phi) is 3.36. The van der Waals surface area contributed by atoms with Gasteiger partial charge in [0.25, 0.3) is 0 Å². The van der Waals surface area contributed by atoms with Crippen molar-refractivity contribution in [3.05, 3.63) is 35.5 Å². The molecule has 0 radical (unpaired) electrons. The topological polar surface area (TPSA) is 0 Å². The summed E-state index contributed by atoms with van der Waals surface area (Å²) in [7, 11) is 0. The molecule has 14 heavy (non-hydrogen) atoms. The fourth-order valence-corrected chi connectivity index (χ4v) is 2.07. The average Bonchev–Trinajstić information content (AvgIpc) is 2.31. The minimum Gasteiger partial charge on any atom is -0.103 e. The third-order valence-electron chi connectivity index (χ3n) is 3.40. The van der Waals surface area contributed by atoms with Gasteiger partial charge < -0.3 is 0 Å². The predicted octanol–water partition coefficient (Wildman–Crippen LogP) is 4.65. The fraction of sp³-hybridized carbons (Fsp3) is 0.571. The largest absolute Gasteiger partial charge is 0.103 e. The van der Waals surface area contributed by atoms with Crippen LogP contribution in [-0.2, 0) is 0 Å². The highest BCUT2D eigenvalue weighted by Crippen LogP contribution is 2.41. The maximum absolute atomic E-state index is 3.76. The van der Waals surface area contributed by atoms with Crippen LogP contribution in [0.4, 0.5) is 0 Å². The second kappa shape index (κ2) is 4.16. The van der Waals surface area contributed by atoms with Crippen LogP contribution in [0.15, 0.2) is 35.5 Å². The molecule has 0 aliphatic heterocycles. The Bertz CT molecular complexity index is 287. The van der Waals surface area contributed by atoms with E-state index in [2.05, 4.69) is 40.3 Å². The van der Waals surface area contributed by atoms with Crippen LogP contribution in [-0.4, -0.2) is 0 Å². The van der Waals surface area contributed by atoms with Crippen molar-refractivity contribution < 1.29 is 0 Å². The molecule has 0 fully saturated rings. The van der Waals surface area contributed by atoms with Gasteiger partial charge in [0.2, 0.25) is 0 Å². The van der Waals surface area contributed by atoms with Gasteiger partial charge in [0.1, 0.15) is 0 Å². The summed E-state index contributed by atoms with van der Waals surface area (Å²) in [6.07, 6.45) is 8.01. The van der Waals surface area contributed by atoms with Gasteiger partial charge in [-0.3, -0.25) is 0 Å². The summed E-state index contributed by atoms with van der Waals surface area (Å²) in [5.74, 6) is 0. The number of hydrogen-bond acceptors (Lipinski definition) is 0. The van der Waals surface area contributed by atoms with Crippen molar-refractivity contribution in [2.24, 2.45) is 5.41 Å². The first-order chi connectivity index (χ1) is 6.49. The lowest BCUT2D eigenvalue weighted by Crippen LogP contribution is -2.05. The summed E-state index contributed by atoms with van der Waals surface area (Å²) >= 11 is 0. The maximum atomic E-state index is 3.76. The minimum atomic E-state index is 0.285. The first-order valence-corrected chi connectivity index (χ1v) is 5.50. The van der Waals surface area contributed by atoms with Gasteiger partial charge in [-0.15, -0.1) is 6.58 Å². The standard InChI is InChI=1S/C14H22/c1-6-7-8-9-13-10-14(4,5)12(3)11(13)2/h6,10H,1,7-9H2,2-5H3. The highest BCUT2D eigenvalue weighted by atomic mass is 14.3. The quantitative estimate of drug-likeness (QED) is 0.447. The summed E-state index contributed by atoms with van der Waals surface area (Å²) in [5.41, 5.74) is 4.88. The number of allylic oxidation sites excluding steroid dienone is 5. The van der Waals surface area contributed by atoms with Crippen LogP contribution in [0, 0.1) is 5.41 Å². The van der Waals surface area contributed by atoms with Crippen molar-refractivity contribution in [2.45, 2.75) is 47.0 Å². The van der Waals surface area contributed by atoms with Gasteiger partial charge in [-0.25, -0.2) is 0 Å². The SMILES string of the molecule is C=CCCCC1=CC(C)(C)C(C)=C1C. The van der Waals surface area contributed by atoms with Crippen LogP contribution >= 0.6 is 0 Å². The van der Waals surface area contributed by atoms with E-state index in [0.717, 1.165) is 6.42 Å². The van der Waals surface area contributed by atoms with Gasteiger partial charge >= 0.3 is 0 Å². The van der Waals surface area contributed by atoms with E-state index in [-0.39, 0.29) is 5.41 Å². The van der Waals surface area contributed by atoms with Gasteiger partial charge in [0.15, 0.2) is 0 Å². The van der Waals surface area contributed by atoms with Crippen molar-refractivity contribution in [1.29, 1.82) is 0 Å². The first kappa shape index (κ1) is 11.3. The Morgan fingerprint density at radius 2 is 2.00 bits per heavy atom. The smallest absolute Gasteiger partial charge is 0.00431 e. The van der Waals surface area contributed by atoms with E-state index in [1.54, 1.807) is 5.57 Å². The lowest BCUT2D eigenvalue weighted by atomic mass is 9.88. The molecule has 0 unspecified atom stereocenters. The zero-order chi connectivity index (χ0) is 10.8. The van der Waals surface area contributed by atoms with Gasteiger partial charge in [-0.2, -0.15) is 0 Å². The van der Waals surface area contributed by atoms with Crippen molar-refractivity contribution in [1.82, 2.24) is 0 Å². The molecule has 0 atom stereocenters. The van der Waals surface area contributed by atoms with Gasteiger partial charge in [0, 0.05) is 5.41 Å². The molecular weight excluding hydrogens is 168 g/mol. The molecule has 0 amide bonds. The molecule has 0 heteroatoms.